The summed E-state index contributed by atoms with van der Waals surface area (Å²) in [6.45, 7) is 5.04. The summed E-state index contributed by atoms with van der Waals surface area (Å²) in [6, 6.07) is 5.28. The molecule has 0 amide bonds. The number of benzene rings is 1. The van der Waals surface area contributed by atoms with Crippen LogP contribution in [0.25, 0.3) is 0 Å². The van der Waals surface area contributed by atoms with Crippen molar-refractivity contribution in [3.63, 3.8) is 0 Å². The molecule has 1 heterocycles. The normalized spacial score (nSPS) is 14.4. The van der Waals surface area contributed by atoms with E-state index in [0.717, 1.165) is 31.5 Å². The fourth-order valence-electron chi connectivity index (χ4n) is 2.12. The smallest absolute Gasteiger partial charge is 0.240 e. The molecule has 1 aromatic carbocycles. The fraction of sp³-hybridized carbons (Fsp3) is 0.571. The third kappa shape index (κ3) is 4.02. The Balaban J connectivity index is 1.87. The van der Waals surface area contributed by atoms with Crippen molar-refractivity contribution in [2.24, 2.45) is 0 Å². The number of unbranched alkanes of at least 4 members (excludes halogenated alkanes) is 1. The van der Waals surface area contributed by atoms with Crippen molar-refractivity contribution in [2.45, 2.75) is 37.8 Å². The van der Waals surface area contributed by atoms with Gasteiger partial charge in [-0.25, -0.2) is 13.1 Å². The van der Waals surface area contributed by atoms with Gasteiger partial charge in [0.2, 0.25) is 10.0 Å². The number of fused-ring (bicyclic) bond motifs is 1. The van der Waals surface area contributed by atoms with Gasteiger partial charge in [0.05, 0.1) is 11.5 Å². The number of hydrogen-bond donors (Lipinski definition) is 2. The summed E-state index contributed by atoms with van der Waals surface area (Å²) in [5.74, 6) is 0. The minimum Gasteiger partial charge on any atom is -0.380 e. The topological polar surface area (TPSA) is 67.4 Å². The van der Waals surface area contributed by atoms with Crippen molar-refractivity contribution < 1.29 is 13.2 Å². The van der Waals surface area contributed by atoms with Gasteiger partial charge in [0.25, 0.3) is 0 Å². The molecule has 0 saturated carbocycles. The molecule has 0 radical (unpaired) electrons. The zero-order chi connectivity index (χ0) is 14.4. The lowest BCUT2D eigenvalue weighted by molar-refractivity contribution is 0.136. The van der Waals surface area contributed by atoms with E-state index in [1.165, 1.54) is 5.56 Å². The summed E-state index contributed by atoms with van der Waals surface area (Å²) >= 11 is 0. The van der Waals surface area contributed by atoms with Gasteiger partial charge in [0, 0.05) is 26.2 Å². The van der Waals surface area contributed by atoms with E-state index in [2.05, 4.69) is 17.0 Å². The maximum atomic E-state index is 12.1. The van der Waals surface area contributed by atoms with E-state index in [-0.39, 0.29) is 0 Å². The summed E-state index contributed by atoms with van der Waals surface area (Å²) in [4.78, 5) is 0.327. The van der Waals surface area contributed by atoms with Crippen molar-refractivity contribution >= 4 is 10.0 Å². The molecule has 6 heteroatoms. The van der Waals surface area contributed by atoms with Crippen LogP contribution >= 0.6 is 0 Å². The predicted molar refractivity (Wildman–Crippen MR) is 77.9 cm³/mol. The second-order valence-corrected chi connectivity index (χ2v) is 6.66. The van der Waals surface area contributed by atoms with Crippen LogP contribution in [0.5, 0.6) is 0 Å². The number of rotatable bonds is 8. The zero-order valence-corrected chi connectivity index (χ0v) is 12.6. The maximum absolute atomic E-state index is 12.1. The molecule has 0 unspecified atom stereocenters. The van der Waals surface area contributed by atoms with Crippen LogP contribution in [-0.2, 0) is 27.8 Å². The Morgan fingerprint density at radius 3 is 2.85 bits per heavy atom. The first-order chi connectivity index (χ1) is 9.63. The van der Waals surface area contributed by atoms with Crippen LogP contribution < -0.4 is 10.0 Å². The van der Waals surface area contributed by atoms with Crippen molar-refractivity contribution in [3.8, 4) is 0 Å². The van der Waals surface area contributed by atoms with E-state index in [9.17, 15) is 8.42 Å². The summed E-state index contributed by atoms with van der Waals surface area (Å²) in [5, 5.41) is 3.20. The van der Waals surface area contributed by atoms with Crippen LogP contribution in [0.2, 0.25) is 0 Å². The molecule has 0 aliphatic carbocycles. The monoisotopic (exact) mass is 298 g/mol. The third-order valence-electron chi connectivity index (χ3n) is 3.30. The number of nitrogens with one attached hydrogen (secondary N) is 2. The molecule has 0 saturated heterocycles. The largest absolute Gasteiger partial charge is 0.380 e. The second-order valence-electron chi connectivity index (χ2n) is 4.90. The van der Waals surface area contributed by atoms with E-state index >= 15 is 0 Å². The Morgan fingerprint density at radius 2 is 2.05 bits per heavy atom. The van der Waals surface area contributed by atoms with Crippen LogP contribution in [0.4, 0.5) is 0 Å². The van der Waals surface area contributed by atoms with Gasteiger partial charge < -0.3 is 10.1 Å². The van der Waals surface area contributed by atoms with Gasteiger partial charge in [-0.05, 0) is 29.7 Å². The van der Waals surface area contributed by atoms with Gasteiger partial charge in [-0.3, -0.25) is 0 Å². The van der Waals surface area contributed by atoms with E-state index in [4.69, 9.17) is 4.74 Å². The van der Waals surface area contributed by atoms with Gasteiger partial charge in [-0.15, -0.1) is 0 Å². The molecule has 0 fully saturated rings. The second kappa shape index (κ2) is 7.17. The Kier molecular flexibility index (Phi) is 5.54. The Bertz CT molecular complexity index is 543. The van der Waals surface area contributed by atoms with Crippen LogP contribution in [0.3, 0.4) is 0 Å². The molecular formula is C14H22N2O3S. The molecule has 1 aliphatic heterocycles. The highest BCUT2D eigenvalue weighted by Gasteiger charge is 2.17. The van der Waals surface area contributed by atoms with E-state index < -0.39 is 10.0 Å². The lowest BCUT2D eigenvalue weighted by Crippen LogP contribution is -2.27. The molecule has 1 aliphatic rings. The lowest BCUT2D eigenvalue weighted by Gasteiger charge is -2.08. The highest BCUT2D eigenvalue weighted by atomic mass is 32.2. The highest BCUT2D eigenvalue weighted by molar-refractivity contribution is 7.89. The van der Waals surface area contributed by atoms with Crippen LogP contribution in [0, 0.1) is 0 Å². The highest BCUT2D eigenvalue weighted by Crippen LogP contribution is 2.19. The Morgan fingerprint density at radius 1 is 1.25 bits per heavy atom. The first-order valence-corrected chi connectivity index (χ1v) is 8.52. The molecular weight excluding hydrogens is 276 g/mol. The minimum atomic E-state index is -3.43. The van der Waals surface area contributed by atoms with Crippen molar-refractivity contribution in [2.75, 3.05) is 19.8 Å². The molecule has 0 atom stereocenters. The number of sulfonamides is 1. The van der Waals surface area contributed by atoms with Crippen molar-refractivity contribution in [3.05, 3.63) is 29.3 Å². The molecule has 2 N–H and O–H groups in total. The quantitative estimate of drug-likeness (QED) is 0.712. The maximum Gasteiger partial charge on any atom is 0.240 e. The van der Waals surface area contributed by atoms with Gasteiger partial charge in [0.15, 0.2) is 0 Å². The van der Waals surface area contributed by atoms with E-state index in [1.807, 2.05) is 6.07 Å². The van der Waals surface area contributed by atoms with Crippen molar-refractivity contribution in [1.29, 1.82) is 0 Å². The van der Waals surface area contributed by atoms with Crippen LogP contribution in [0.15, 0.2) is 23.1 Å². The SMILES string of the molecule is CCCCOCCNS(=O)(=O)c1ccc2c(c1)CNC2. The first kappa shape index (κ1) is 15.4. The van der Waals surface area contributed by atoms with Crippen LogP contribution in [-0.4, -0.2) is 28.2 Å². The molecule has 1 aromatic rings. The lowest BCUT2D eigenvalue weighted by atomic mass is 10.1. The molecule has 112 valence electrons. The average molecular weight is 298 g/mol. The number of hydrogen-bond acceptors (Lipinski definition) is 4. The third-order valence-corrected chi connectivity index (χ3v) is 4.76. The van der Waals surface area contributed by atoms with E-state index in [0.29, 0.717) is 24.7 Å². The molecule has 0 aromatic heterocycles. The minimum absolute atomic E-state index is 0.307. The molecule has 0 bridgehead atoms. The predicted octanol–water partition coefficient (Wildman–Crippen LogP) is 1.38. The molecule has 5 nitrogen and oxygen atoms in total. The average Bonchev–Trinajstić information content (AvgIpc) is 2.90. The van der Waals surface area contributed by atoms with Gasteiger partial charge in [0.1, 0.15) is 0 Å². The van der Waals surface area contributed by atoms with Crippen LogP contribution in [0.1, 0.15) is 30.9 Å². The summed E-state index contributed by atoms with van der Waals surface area (Å²) in [5.41, 5.74) is 2.24. The fourth-order valence-corrected chi connectivity index (χ4v) is 3.18. The molecule has 20 heavy (non-hydrogen) atoms. The Hall–Kier alpha value is -0.950. The molecule has 0 spiro atoms. The number of ether oxygens (including phenoxy) is 1. The standard InChI is InChI=1S/C14H22N2O3S/c1-2-3-7-19-8-6-16-20(17,18)14-5-4-12-10-15-11-13(12)9-14/h4-5,9,15-16H,2-3,6-8,10-11H2,1H3. The van der Waals surface area contributed by atoms with Gasteiger partial charge in [-0.2, -0.15) is 0 Å². The van der Waals surface area contributed by atoms with E-state index in [1.54, 1.807) is 12.1 Å². The summed E-state index contributed by atoms with van der Waals surface area (Å²) in [7, 11) is -3.43. The van der Waals surface area contributed by atoms with Crippen molar-refractivity contribution in [1.82, 2.24) is 10.0 Å². The zero-order valence-electron chi connectivity index (χ0n) is 11.8. The summed E-state index contributed by atoms with van der Waals surface area (Å²) in [6.07, 6.45) is 2.08. The first-order valence-electron chi connectivity index (χ1n) is 7.03. The Labute approximate surface area is 120 Å². The summed E-state index contributed by atoms with van der Waals surface area (Å²) < 4.78 is 32.2. The molecule has 2 rings (SSSR count). The van der Waals surface area contributed by atoms with Gasteiger partial charge >= 0.3 is 0 Å². The van der Waals surface area contributed by atoms with Gasteiger partial charge in [-0.1, -0.05) is 19.4 Å².